The molecule has 120 valence electrons. The molecule has 0 bridgehead atoms. The summed E-state index contributed by atoms with van der Waals surface area (Å²) in [6, 6.07) is 12.5. The summed E-state index contributed by atoms with van der Waals surface area (Å²) in [4.78, 5) is 4.27. The van der Waals surface area contributed by atoms with Crippen molar-refractivity contribution in [3.05, 3.63) is 59.4 Å². The number of aliphatic imine (C=N–C) groups is 1. The van der Waals surface area contributed by atoms with Crippen molar-refractivity contribution in [1.29, 1.82) is 0 Å². The second-order valence-electron chi connectivity index (χ2n) is 5.17. The zero-order valence-electron chi connectivity index (χ0n) is 12.6. The minimum atomic E-state index is -0.299. The molecule has 0 spiro atoms. The van der Waals surface area contributed by atoms with Gasteiger partial charge in [0.15, 0.2) is 12.8 Å². The second-order valence-corrected chi connectivity index (χ2v) is 5.17. The summed E-state index contributed by atoms with van der Waals surface area (Å²) in [5.41, 5.74) is 8.23. The molecule has 2 aromatic rings. The fourth-order valence-electron chi connectivity index (χ4n) is 2.45. The van der Waals surface area contributed by atoms with Gasteiger partial charge in [0.1, 0.15) is 11.6 Å². The van der Waals surface area contributed by atoms with Crippen LogP contribution in [0.5, 0.6) is 5.75 Å². The topological polar surface area (TPSA) is 68.9 Å². The molecular weight excluding hydrogens is 297 g/mol. The predicted octanol–water partition coefficient (Wildman–Crippen LogP) is 2.66. The highest BCUT2D eigenvalue weighted by atomic mass is 19.1. The van der Waals surface area contributed by atoms with Crippen LogP contribution < -0.4 is 15.8 Å². The van der Waals surface area contributed by atoms with E-state index in [0.717, 1.165) is 16.8 Å². The van der Waals surface area contributed by atoms with Gasteiger partial charge in [-0.2, -0.15) is 0 Å². The Morgan fingerprint density at radius 2 is 2.09 bits per heavy atom. The monoisotopic (exact) mass is 315 g/mol. The van der Waals surface area contributed by atoms with Crippen LogP contribution in [0.25, 0.3) is 0 Å². The predicted molar refractivity (Wildman–Crippen MR) is 86.9 cm³/mol. The van der Waals surface area contributed by atoms with Crippen molar-refractivity contribution in [1.82, 2.24) is 0 Å². The first-order valence-electron chi connectivity index (χ1n) is 7.36. The molecule has 6 heteroatoms. The smallest absolute Gasteiger partial charge is 0.193 e. The van der Waals surface area contributed by atoms with Gasteiger partial charge in [-0.25, -0.2) is 4.39 Å². The number of para-hydroxylation sites is 1. The molecule has 0 saturated heterocycles. The summed E-state index contributed by atoms with van der Waals surface area (Å²) in [7, 11) is 0. The highest BCUT2D eigenvalue weighted by Gasteiger charge is 2.16. The van der Waals surface area contributed by atoms with E-state index in [9.17, 15) is 4.39 Å². The third-order valence-corrected chi connectivity index (χ3v) is 3.46. The van der Waals surface area contributed by atoms with E-state index in [1.165, 1.54) is 12.1 Å². The van der Waals surface area contributed by atoms with Crippen LogP contribution >= 0.6 is 0 Å². The van der Waals surface area contributed by atoms with Crippen LogP contribution in [0.3, 0.4) is 0 Å². The fraction of sp³-hybridized carbons (Fsp3) is 0.235. The van der Waals surface area contributed by atoms with Crippen LogP contribution in [0, 0.1) is 5.82 Å². The largest absolute Gasteiger partial charge is 0.467 e. The van der Waals surface area contributed by atoms with Gasteiger partial charge in [0.05, 0.1) is 6.61 Å². The van der Waals surface area contributed by atoms with Gasteiger partial charge in [0.2, 0.25) is 0 Å². The van der Waals surface area contributed by atoms with Gasteiger partial charge >= 0.3 is 0 Å². The Morgan fingerprint density at radius 3 is 2.91 bits per heavy atom. The molecule has 1 aliphatic heterocycles. The highest BCUT2D eigenvalue weighted by Crippen LogP contribution is 2.29. The molecule has 0 atom stereocenters. The lowest BCUT2D eigenvalue weighted by Crippen LogP contribution is -2.23. The highest BCUT2D eigenvalue weighted by molar-refractivity contribution is 5.92. The van der Waals surface area contributed by atoms with E-state index in [0.29, 0.717) is 31.3 Å². The molecule has 0 aromatic heterocycles. The van der Waals surface area contributed by atoms with E-state index < -0.39 is 0 Å². The Labute approximate surface area is 133 Å². The maximum Gasteiger partial charge on any atom is 0.193 e. The van der Waals surface area contributed by atoms with Crippen molar-refractivity contribution in [2.75, 3.05) is 18.7 Å². The summed E-state index contributed by atoms with van der Waals surface area (Å²) in [5, 5.41) is 3.00. The van der Waals surface area contributed by atoms with Crippen molar-refractivity contribution in [3.63, 3.8) is 0 Å². The zero-order valence-corrected chi connectivity index (χ0v) is 12.6. The van der Waals surface area contributed by atoms with E-state index in [2.05, 4.69) is 10.3 Å². The molecule has 0 amide bonds. The number of benzene rings is 2. The van der Waals surface area contributed by atoms with Crippen LogP contribution in [0.4, 0.5) is 10.1 Å². The van der Waals surface area contributed by atoms with E-state index >= 15 is 0 Å². The van der Waals surface area contributed by atoms with Crippen LogP contribution in [0.1, 0.15) is 11.1 Å². The Bertz CT molecular complexity index is 704. The first-order chi connectivity index (χ1) is 11.2. The van der Waals surface area contributed by atoms with Crippen LogP contribution in [0.2, 0.25) is 0 Å². The van der Waals surface area contributed by atoms with Crippen LogP contribution in [-0.2, 0) is 17.8 Å². The number of nitrogens with zero attached hydrogens (tertiary/aromatic N) is 1. The van der Waals surface area contributed by atoms with Crippen molar-refractivity contribution < 1.29 is 13.9 Å². The number of rotatable bonds is 4. The molecule has 0 radical (unpaired) electrons. The van der Waals surface area contributed by atoms with Crippen LogP contribution in [0.15, 0.2) is 47.5 Å². The summed E-state index contributed by atoms with van der Waals surface area (Å²) < 4.78 is 24.3. The van der Waals surface area contributed by atoms with E-state index in [-0.39, 0.29) is 12.6 Å². The van der Waals surface area contributed by atoms with Gasteiger partial charge in [-0.1, -0.05) is 18.2 Å². The number of hydrogen-bond acceptors (Lipinski definition) is 3. The lowest BCUT2D eigenvalue weighted by molar-refractivity contribution is -0.0172. The van der Waals surface area contributed by atoms with Crippen molar-refractivity contribution in [3.8, 4) is 5.75 Å². The number of guanidine groups is 1. The molecule has 0 aliphatic carbocycles. The molecular formula is C17H18FN3O2. The molecule has 23 heavy (non-hydrogen) atoms. The van der Waals surface area contributed by atoms with Gasteiger partial charge in [-0.15, -0.1) is 0 Å². The molecule has 5 nitrogen and oxygen atoms in total. The Kier molecular flexibility index (Phi) is 4.73. The number of nitrogens with two attached hydrogens (primary N) is 1. The van der Waals surface area contributed by atoms with Crippen molar-refractivity contribution in [2.45, 2.75) is 13.0 Å². The normalized spacial score (nSPS) is 14.0. The third-order valence-electron chi connectivity index (χ3n) is 3.46. The number of hydrogen-bond donors (Lipinski definition) is 2. The van der Waals surface area contributed by atoms with Gasteiger partial charge in [-0.05, 0) is 36.2 Å². The molecule has 1 aliphatic rings. The SMILES string of the molecule is NC(=NCCc1cc(F)cc2c1OCOC2)Nc1ccccc1. The number of nitrogens with one attached hydrogen (secondary N) is 1. The van der Waals surface area contributed by atoms with Crippen molar-refractivity contribution >= 4 is 11.6 Å². The number of ether oxygens (including phenoxy) is 2. The maximum atomic E-state index is 13.6. The van der Waals surface area contributed by atoms with E-state index in [4.69, 9.17) is 15.2 Å². The van der Waals surface area contributed by atoms with E-state index in [1.807, 2.05) is 30.3 Å². The Morgan fingerprint density at radius 1 is 1.26 bits per heavy atom. The standard InChI is InChI=1S/C17H18FN3O2/c18-14-8-12(16-13(9-14)10-22-11-23-16)6-7-20-17(19)21-15-4-2-1-3-5-15/h1-5,8-9H,6-7,10-11H2,(H3,19,20,21). The molecule has 0 saturated carbocycles. The van der Waals surface area contributed by atoms with Gasteiger partial charge < -0.3 is 20.5 Å². The summed E-state index contributed by atoms with van der Waals surface area (Å²) in [5.74, 6) is 0.723. The molecule has 3 N–H and O–H groups in total. The minimum Gasteiger partial charge on any atom is -0.467 e. The summed E-state index contributed by atoms with van der Waals surface area (Å²) in [6.07, 6.45) is 0.539. The van der Waals surface area contributed by atoms with Crippen molar-refractivity contribution in [2.24, 2.45) is 10.7 Å². The lowest BCUT2D eigenvalue weighted by atomic mass is 10.1. The number of anilines is 1. The van der Waals surface area contributed by atoms with Crippen LogP contribution in [-0.4, -0.2) is 19.3 Å². The molecule has 3 rings (SSSR count). The first kappa shape index (κ1) is 15.3. The average Bonchev–Trinajstić information content (AvgIpc) is 2.55. The van der Waals surface area contributed by atoms with Gasteiger partial charge in [-0.3, -0.25) is 4.99 Å². The zero-order chi connectivity index (χ0) is 16.1. The minimum absolute atomic E-state index is 0.187. The number of halogens is 1. The Hall–Kier alpha value is -2.60. The average molecular weight is 315 g/mol. The first-order valence-corrected chi connectivity index (χ1v) is 7.36. The summed E-state index contributed by atoms with van der Waals surface area (Å²) in [6.45, 7) is 0.986. The van der Waals surface area contributed by atoms with Gasteiger partial charge in [0, 0.05) is 17.8 Å². The molecule has 2 aromatic carbocycles. The molecule has 0 fully saturated rings. The quantitative estimate of drug-likeness (QED) is 0.672. The second kappa shape index (κ2) is 7.11. The van der Waals surface area contributed by atoms with E-state index in [1.54, 1.807) is 0 Å². The molecule has 0 unspecified atom stereocenters. The lowest BCUT2D eigenvalue weighted by Gasteiger charge is -2.20. The fourth-order valence-corrected chi connectivity index (χ4v) is 2.45. The maximum absolute atomic E-state index is 13.6. The Balaban J connectivity index is 1.64. The summed E-state index contributed by atoms with van der Waals surface area (Å²) >= 11 is 0. The number of fused-ring (bicyclic) bond motifs is 1. The van der Waals surface area contributed by atoms with Gasteiger partial charge in [0.25, 0.3) is 0 Å². The third kappa shape index (κ3) is 3.98. The molecule has 1 heterocycles.